The molecule has 0 aromatic heterocycles. The van der Waals surface area contributed by atoms with E-state index in [1.54, 1.807) is 0 Å². The van der Waals surface area contributed by atoms with E-state index in [1.165, 1.54) is 24.3 Å². The van der Waals surface area contributed by atoms with Gasteiger partial charge >= 0.3 is 12.1 Å². The first-order valence-electron chi connectivity index (χ1n) is 7.19. The Labute approximate surface area is 144 Å². The van der Waals surface area contributed by atoms with Gasteiger partial charge in [-0.15, -0.1) is 0 Å². The molecule has 0 spiro atoms. The number of alkyl halides is 3. The molecule has 26 heavy (non-hydrogen) atoms. The largest absolute Gasteiger partial charge is 0.480 e. The molecule has 1 atom stereocenters. The molecule has 1 unspecified atom stereocenters. The lowest BCUT2D eigenvalue weighted by Gasteiger charge is -2.11. The number of nitrogens with two attached hydrogens (primary N) is 1. The molecule has 9 heteroatoms. The minimum absolute atomic E-state index is 0.0349. The van der Waals surface area contributed by atoms with E-state index in [0.717, 1.165) is 0 Å². The van der Waals surface area contributed by atoms with E-state index < -0.39 is 46.7 Å². The zero-order valence-corrected chi connectivity index (χ0v) is 13.0. The Hall–Kier alpha value is -2.81. The van der Waals surface area contributed by atoms with Crippen molar-refractivity contribution >= 4 is 11.8 Å². The van der Waals surface area contributed by atoms with Crippen molar-refractivity contribution in [1.82, 2.24) is 0 Å². The SMILES string of the molecule is NC(Cc1ccc(C(=O)c2c(F)cc(C(F)(F)F)cc2F)cc1)C(=O)O. The van der Waals surface area contributed by atoms with Gasteiger partial charge in [0.1, 0.15) is 17.7 Å². The normalized spacial score (nSPS) is 12.7. The minimum atomic E-state index is -4.95. The van der Waals surface area contributed by atoms with Gasteiger partial charge in [0.05, 0.1) is 11.1 Å². The number of hydrogen-bond acceptors (Lipinski definition) is 3. The number of carbonyl (C=O) groups is 2. The van der Waals surface area contributed by atoms with Crippen molar-refractivity contribution in [2.75, 3.05) is 0 Å². The average molecular weight is 373 g/mol. The van der Waals surface area contributed by atoms with Crippen molar-refractivity contribution in [3.63, 3.8) is 0 Å². The van der Waals surface area contributed by atoms with Crippen molar-refractivity contribution in [3.05, 3.63) is 70.3 Å². The van der Waals surface area contributed by atoms with Crippen LogP contribution in [0.25, 0.3) is 0 Å². The van der Waals surface area contributed by atoms with E-state index in [9.17, 15) is 31.5 Å². The summed E-state index contributed by atoms with van der Waals surface area (Å²) in [5.74, 6) is -5.61. The molecule has 0 aliphatic heterocycles. The predicted molar refractivity (Wildman–Crippen MR) is 80.5 cm³/mol. The first-order chi connectivity index (χ1) is 12.0. The Bertz CT molecular complexity index is 823. The van der Waals surface area contributed by atoms with Crippen molar-refractivity contribution in [2.45, 2.75) is 18.6 Å². The van der Waals surface area contributed by atoms with Crippen LogP contribution in [0.4, 0.5) is 22.0 Å². The van der Waals surface area contributed by atoms with Gasteiger partial charge in [-0.25, -0.2) is 8.78 Å². The molecule has 0 amide bonds. The van der Waals surface area contributed by atoms with Gasteiger partial charge in [0.25, 0.3) is 0 Å². The van der Waals surface area contributed by atoms with Gasteiger partial charge in [0.15, 0.2) is 5.78 Å². The summed E-state index contributed by atoms with van der Waals surface area (Å²) in [6.45, 7) is 0. The van der Waals surface area contributed by atoms with Crippen LogP contribution in [-0.4, -0.2) is 22.9 Å². The monoisotopic (exact) mass is 373 g/mol. The Kier molecular flexibility index (Phi) is 5.41. The molecular weight excluding hydrogens is 361 g/mol. The maximum absolute atomic E-state index is 13.9. The highest BCUT2D eigenvalue weighted by Crippen LogP contribution is 2.32. The summed E-state index contributed by atoms with van der Waals surface area (Å²) in [5, 5.41) is 8.73. The van der Waals surface area contributed by atoms with Crippen molar-refractivity contribution in [3.8, 4) is 0 Å². The molecule has 0 radical (unpaired) electrons. The molecule has 0 bridgehead atoms. The highest BCUT2D eigenvalue weighted by Gasteiger charge is 2.33. The molecule has 2 aromatic rings. The molecule has 138 valence electrons. The summed E-state index contributed by atoms with van der Waals surface area (Å²) >= 11 is 0. The average Bonchev–Trinajstić information content (AvgIpc) is 2.53. The number of aliphatic carboxylic acids is 1. The van der Waals surface area contributed by atoms with Crippen LogP contribution in [0, 0.1) is 11.6 Å². The molecule has 0 saturated heterocycles. The number of benzene rings is 2. The molecule has 2 aromatic carbocycles. The zero-order valence-electron chi connectivity index (χ0n) is 13.0. The van der Waals surface area contributed by atoms with Crippen LogP contribution < -0.4 is 5.73 Å². The van der Waals surface area contributed by atoms with Gasteiger partial charge in [-0.1, -0.05) is 24.3 Å². The Morgan fingerprint density at radius 1 is 1.04 bits per heavy atom. The van der Waals surface area contributed by atoms with Crippen LogP contribution in [0.15, 0.2) is 36.4 Å². The third kappa shape index (κ3) is 4.23. The molecule has 0 heterocycles. The van der Waals surface area contributed by atoms with Crippen LogP contribution in [0.5, 0.6) is 0 Å². The number of halogens is 5. The zero-order chi connectivity index (χ0) is 19.6. The summed E-state index contributed by atoms with van der Waals surface area (Å²) in [4.78, 5) is 22.9. The molecule has 0 saturated carbocycles. The van der Waals surface area contributed by atoms with E-state index in [2.05, 4.69) is 0 Å². The van der Waals surface area contributed by atoms with Crippen LogP contribution in [0.1, 0.15) is 27.0 Å². The number of ketones is 1. The molecule has 3 N–H and O–H groups in total. The van der Waals surface area contributed by atoms with Crippen molar-refractivity contribution in [2.24, 2.45) is 5.73 Å². The lowest BCUT2D eigenvalue weighted by Crippen LogP contribution is -2.32. The molecule has 4 nitrogen and oxygen atoms in total. The highest BCUT2D eigenvalue weighted by atomic mass is 19.4. The highest BCUT2D eigenvalue weighted by molar-refractivity contribution is 6.09. The molecule has 0 fully saturated rings. The van der Waals surface area contributed by atoms with E-state index in [0.29, 0.717) is 5.56 Å². The van der Waals surface area contributed by atoms with Crippen LogP contribution in [0.2, 0.25) is 0 Å². The van der Waals surface area contributed by atoms with E-state index >= 15 is 0 Å². The predicted octanol–water partition coefficient (Wildman–Crippen LogP) is 3.17. The quantitative estimate of drug-likeness (QED) is 0.623. The number of carboxylic acid groups (broad SMARTS) is 1. The van der Waals surface area contributed by atoms with E-state index in [1.807, 2.05) is 0 Å². The Morgan fingerprint density at radius 3 is 1.96 bits per heavy atom. The second kappa shape index (κ2) is 7.20. The fraction of sp³-hybridized carbons (Fsp3) is 0.176. The first-order valence-corrected chi connectivity index (χ1v) is 7.19. The molecule has 0 aliphatic rings. The number of carboxylic acids is 1. The van der Waals surface area contributed by atoms with Gasteiger partial charge in [0, 0.05) is 5.56 Å². The van der Waals surface area contributed by atoms with Gasteiger partial charge in [-0.2, -0.15) is 13.2 Å². The maximum atomic E-state index is 13.9. The third-order valence-electron chi connectivity index (χ3n) is 3.59. The van der Waals surface area contributed by atoms with E-state index in [-0.39, 0.29) is 24.1 Å². The summed E-state index contributed by atoms with van der Waals surface area (Å²) in [7, 11) is 0. The van der Waals surface area contributed by atoms with Crippen LogP contribution in [0.3, 0.4) is 0 Å². The summed E-state index contributed by atoms with van der Waals surface area (Å²) in [6, 6.07) is 3.99. The summed E-state index contributed by atoms with van der Waals surface area (Å²) in [5.41, 5.74) is 3.02. The van der Waals surface area contributed by atoms with E-state index in [4.69, 9.17) is 10.8 Å². The number of hydrogen-bond donors (Lipinski definition) is 2. The smallest absolute Gasteiger partial charge is 0.416 e. The standard InChI is InChI=1S/C17H12F5NO3/c18-11-6-10(17(20,21)22)7-12(19)14(11)15(24)9-3-1-8(2-4-9)5-13(23)16(25)26/h1-4,6-7,13H,5,23H2,(H,25,26). The lowest BCUT2D eigenvalue weighted by atomic mass is 9.98. The molecule has 0 aliphatic carbocycles. The van der Waals surface area contributed by atoms with Gasteiger partial charge in [-0.3, -0.25) is 9.59 Å². The second-order valence-corrected chi connectivity index (χ2v) is 5.49. The topological polar surface area (TPSA) is 80.4 Å². The van der Waals surface area contributed by atoms with Crippen LogP contribution in [-0.2, 0) is 17.4 Å². The third-order valence-corrected chi connectivity index (χ3v) is 3.59. The van der Waals surface area contributed by atoms with Gasteiger partial charge < -0.3 is 10.8 Å². The maximum Gasteiger partial charge on any atom is 0.416 e. The molecular formula is C17H12F5NO3. The van der Waals surface area contributed by atoms with Crippen molar-refractivity contribution < 1.29 is 36.6 Å². The fourth-order valence-electron chi connectivity index (χ4n) is 2.23. The van der Waals surface area contributed by atoms with Crippen molar-refractivity contribution in [1.29, 1.82) is 0 Å². The summed E-state index contributed by atoms with van der Waals surface area (Å²) < 4.78 is 65.4. The second-order valence-electron chi connectivity index (χ2n) is 5.49. The Morgan fingerprint density at radius 2 is 1.54 bits per heavy atom. The first kappa shape index (κ1) is 19.5. The van der Waals surface area contributed by atoms with Gasteiger partial charge in [0.2, 0.25) is 0 Å². The number of carbonyl (C=O) groups excluding carboxylic acids is 1. The van der Waals surface area contributed by atoms with Crippen LogP contribution >= 0.6 is 0 Å². The minimum Gasteiger partial charge on any atom is -0.480 e. The number of rotatable bonds is 5. The Balaban J connectivity index is 2.31. The fourth-order valence-corrected chi connectivity index (χ4v) is 2.23. The summed E-state index contributed by atoms with van der Waals surface area (Å²) in [6.07, 6.45) is -4.99. The molecule has 2 rings (SSSR count). The lowest BCUT2D eigenvalue weighted by molar-refractivity contribution is -0.139. The van der Waals surface area contributed by atoms with Gasteiger partial charge in [-0.05, 0) is 24.1 Å².